The molecule has 1 rings (SSSR count). The lowest BCUT2D eigenvalue weighted by molar-refractivity contribution is 0.588. The zero-order valence-corrected chi connectivity index (χ0v) is 7.85. The van der Waals surface area contributed by atoms with Crippen molar-refractivity contribution in [2.75, 3.05) is 7.05 Å². The number of aromatic nitrogens is 1. The van der Waals surface area contributed by atoms with E-state index in [4.69, 9.17) is 11.6 Å². The van der Waals surface area contributed by atoms with Gasteiger partial charge in [0.1, 0.15) is 5.15 Å². The first-order valence-corrected chi connectivity index (χ1v) is 4.97. The molecule has 0 aromatic carbocycles. The Morgan fingerprint density at radius 2 is 2.25 bits per heavy atom. The molecule has 66 valence electrons. The van der Waals surface area contributed by atoms with E-state index in [1.807, 2.05) is 0 Å². The van der Waals surface area contributed by atoms with Crippen LogP contribution in [0.3, 0.4) is 0 Å². The molecule has 0 aliphatic heterocycles. The van der Waals surface area contributed by atoms with Crippen LogP contribution in [0.4, 0.5) is 0 Å². The van der Waals surface area contributed by atoms with Gasteiger partial charge in [-0.2, -0.15) is 0 Å². The van der Waals surface area contributed by atoms with Gasteiger partial charge in [0, 0.05) is 6.20 Å². The fourth-order valence-corrected chi connectivity index (χ4v) is 1.65. The first kappa shape index (κ1) is 9.44. The number of hydrogen-bond donors (Lipinski definition) is 1. The van der Waals surface area contributed by atoms with E-state index in [1.54, 1.807) is 0 Å². The third-order valence-electron chi connectivity index (χ3n) is 1.28. The van der Waals surface area contributed by atoms with E-state index in [-0.39, 0.29) is 10.0 Å². The van der Waals surface area contributed by atoms with Crippen LogP contribution < -0.4 is 4.72 Å². The van der Waals surface area contributed by atoms with E-state index >= 15 is 0 Å². The molecule has 0 amide bonds. The van der Waals surface area contributed by atoms with Crippen LogP contribution in [0.2, 0.25) is 5.15 Å². The van der Waals surface area contributed by atoms with Crippen molar-refractivity contribution in [2.24, 2.45) is 0 Å². The van der Waals surface area contributed by atoms with E-state index < -0.39 is 10.0 Å². The molecule has 1 N–H and O–H groups in total. The van der Waals surface area contributed by atoms with E-state index in [0.29, 0.717) is 0 Å². The van der Waals surface area contributed by atoms with E-state index in [1.165, 1.54) is 25.4 Å². The van der Waals surface area contributed by atoms with Crippen LogP contribution >= 0.6 is 11.6 Å². The van der Waals surface area contributed by atoms with E-state index in [2.05, 4.69) is 9.71 Å². The highest BCUT2D eigenvalue weighted by atomic mass is 35.5. The highest BCUT2D eigenvalue weighted by Crippen LogP contribution is 2.11. The maximum Gasteiger partial charge on any atom is 0.240 e. The van der Waals surface area contributed by atoms with Crippen LogP contribution in [-0.4, -0.2) is 20.4 Å². The highest BCUT2D eigenvalue weighted by molar-refractivity contribution is 7.89. The van der Waals surface area contributed by atoms with E-state index in [0.717, 1.165) is 0 Å². The summed E-state index contributed by atoms with van der Waals surface area (Å²) < 4.78 is 24.5. The Morgan fingerprint density at radius 3 is 2.75 bits per heavy atom. The van der Waals surface area contributed by atoms with Gasteiger partial charge in [-0.15, -0.1) is 0 Å². The molecule has 0 unspecified atom stereocenters. The van der Waals surface area contributed by atoms with Gasteiger partial charge in [0.2, 0.25) is 10.0 Å². The Hall–Kier alpha value is -0.650. The largest absolute Gasteiger partial charge is 0.244 e. The lowest BCUT2D eigenvalue weighted by atomic mass is 10.5. The van der Waals surface area contributed by atoms with Crippen molar-refractivity contribution in [1.29, 1.82) is 0 Å². The summed E-state index contributed by atoms with van der Waals surface area (Å²) in [5, 5.41) is 0.159. The molecule has 0 radical (unpaired) electrons. The second kappa shape index (κ2) is 3.38. The van der Waals surface area contributed by atoms with Crippen molar-refractivity contribution in [3.8, 4) is 0 Å². The Kier molecular flexibility index (Phi) is 2.66. The minimum absolute atomic E-state index is 0.116. The second-order valence-electron chi connectivity index (χ2n) is 2.02. The molecule has 0 saturated carbocycles. The fraction of sp³-hybridized carbons (Fsp3) is 0.167. The summed E-state index contributed by atoms with van der Waals surface area (Å²) in [5.74, 6) is 0. The zero-order chi connectivity index (χ0) is 9.19. The van der Waals surface area contributed by atoms with Gasteiger partial charge < -0.3 is 0 Å². The number of nitrogens with zero attached hydrogens (tertiary/aromatic N) is 1. The summed E-state index contributed by atoms with van der Waals surface area (Å²) in [6.45, 7) is 0. The van der Waals surface area contributed by atoms with Gasteiger partial charge in [-0.05, 0) is 19.2 Å². The third kappa shape index (κ3) is 1.94. The lowest BCUT2D eigenvalue weighted by Crippen LogP contribution is -2.18. The van der Waals surface area contributed by atoms with Gasteiger partial charge in [0.25, 0.3) is 0 Å². The first-order chi connectivity index (χ1) is 5.56. The van der Waals surface area contributed by atoms with Crippen molar-refractivity contribution in [3.63, 3.8) is 0 Å². The molecule has 0 atom stereocenters. The topological polar surface area (TPSA) is 59.1 Å². The van der Waals surface area contributed by atoms with Gasteiger partial charge >= 0.3 is 0 Å². The average Bonchev–Trinajstić information content (AvgIpc) is 2.05. The van der Waals surface area contributed by atoms with Crippen LogP contribution in [0.1, 0.15) is 0 Å². The first-order valence-electron chi connectivity index (χ1n) is 3.11. The predicted octanol–water partition coefficient (Wildman–Crippen LogP) is 0.643. The molecule has 0 saturated heterocycles. The predicted molar refractivity (Wildman–Crippen MR) is 45.5 cm³/mol. The van der Waals surface area contributed by atoms with Crippen LogP contribution in [0.5, 0.6) is 0 Å². The fourth-order valence-electron chi connectivity index (χ4n) is 0.670. The van der Waals surface area contributed by atoms with Gasteiger partial charge in [0.05, 0.1) is 4.90 Å². The third-order valence-corrected chi connectivity index (χ3v) is 2.90. The average molecular weight is 207 g/mol. The zero-order valence-electron chi connectivity index (χ0n) is 6.28. The maximum atomic E-state index is 11.2. The van der Waals surface area contributed by atoms with Crippen molar-refractivity contribution in [2.45, 2.75) is 4.90 Å². The van der Waals surface area contributed by atoms with Crippen molar-refractivity contribution in [1.82, 2.24) is 9.71 Å². The van der Waals surface area contributed by atoms with Gasteiger partial charge in [-0.25, -0.2) is 18.1 Å². The number of nitrogens with one attached hydrogen (secondary N) is 1. The molecule has 12 heavy (non-hydrogen) atoms. The second-order valence-corrected chi connectivity index (χ2v) is 4.30. The molecular formula is C6H7ClN2O2S. The molecule has 0 aliphatic carbocycles. The Bertz CT molecular complexity index is 377. The summed E-state index contributed by atoms with van der Waals surface area (Å²) in [6.07, 6.45) is 1.34. The number of halogens is 1. The summed E-state index contributed by atoms with van der Waals surface area (Å²) in [7, 11) is -2.06. The highest BCUT2D eigenvalue weighted by Gasteiger charge is 2.10. The Balaban J connectivity index is 3.21. The van der Waals surface area contributed by atoms with Gasteiger partial charge in [-0.1, -0.05) is 11.6 Å². The Morgan fingerprint density at radius 1 is 1.58 bits per heavy atom. The molecule has 1 aromatic rings. The van der Waals surface area contributed by atoms with Gasteiger partial charge in [0.15, 0.2) is 0 Å². The molecule has 6 heteroatoms. The maximum absolute atomic E-state index is 11.2. The minimum atomic E-state index is -3.40. The van der Waals surface area contributed by atoms with Crippen LogP contribution in [-0.2, 0) is 10.0 Å². The SMILES string of the molecule is CNS(=O)(=O)c1ccnc(Cl)c1. The molecule has 0 aliphatic rings. The molecule has 4 nitrogen and oxygen atoms in total. The minimum Gasteiger partial charge on any atom is -0.244 e. The van der Waals surface area contributed by atoms with Crippen molar-refractivity contribution in [3.05, 3.63) is 23.5 Å². The molecule has 0 spiro atoms. The van der Waals surface area contributed by atoms with Crippen LogP contribution in [0.25, 0.3) is 0 Å². The summed E-state index contributed by atoms with van der Waals surface area (Å²) in [6, 6.07) is 2.66. The molecular weight excluding hydrogens is 200 g/mol. The molecule has 1 aromatic heterocycles. The number of sulfonamides is 1. The van der Waals surface area contributed by atoms with Crippen molar-refractivity contribution >= 4 is 21.6 Å². The quantitative estimate of drug-likeness (QED) is 0.723. The molecule has 0 fully saturated rings. The summed E-state index contributed by atoms with van der Waals surface area (Å²) in [5.41, 5.74) is 0. The smallest absolute Gasteiger partial charge is 0.240 e. The van der Waals surface area contributed by atoms with Crippen LogP contribution in [0, 0.1) is 0 Å². The van der Waals surface area contributed by atoms with Crippen LogP contribution in [0.15, 0.2) is 23.2 Å². The monoisotopic (exact) mass is 206 g/mol. The number of pyridine rings is 1. The lowest BCUT2D eigenvalue weighted by Gasteiger charge is -2.00. The van der Waals surface area contributed by atoms with E-state index in [9.17, 15) is 8.42 Å². The summed E-state index contributed by atoms with van der Waals surface area (Å²) in [4.78, 5) is 3.78. The van der Waals surface area contributed by atoms with Crippen molar-refractivity contribution < 1.29 is 8.42 Å². The normalized spacial score (nSPS) is 11.5. The Labute approximate surface area is 75.6 Å². The number of hydrogen-bond acceptors (Lipinski definition) is 3. The summed E-state index contributed by atoms with van der Waals surface area (Å²) >= 11 is 5.50. The molecule has 1 heterocycles. The number of rotatable bonds is 2. The molecule has 0 bridgehead atoms. The standard InChI is InChI=1S/C6H7ClN2O2S/c1-8-12(10,11)5-2-3-9-6(7)4-5/h2-4,8H,1H3. The van der Waals surface area contributed by atoms with Gasteiger partial charge in [-0.3, -0.25) is 0 Å².